The molecule has 6 heteroatoms. The molecule has 0 spiro atoms. The molecule has 6 nitrogen and oxygen atoms in total. The average Bonchev–Trinajstić information content (AvgIpc) is 3.00. The third-order valence-corrected chi connectivity index (χ3v) is 3.01. The Morgan fingerprint density at radius 2 is 2.14 bits per heavy atom. The van der Waals surface area contributed by atoms with Gasteiger partial charge in [-0.15, -0.1) is 0 Å². The van der Waals surface area contributed by atoms with Crippen molar-refractivity contribution in [1.29, 1.82) is 0 Å². The highest BCUT2D eigenvalue weighted by Gasteiger charge is 2.08. The zero-order valence-electron chi connectivity index (χ0n) is 12.0. The third kappa shape index (κ3) is 3.76. The van der Waals surface area contributed by atoms with Gasteiger partial charge in [-0.1, -0.05) is 24.3 Å². The minimum absolute atomic E-state index is 0.0303. The Kier molecular flexibility index (Phi) is 4.98. The van der Waals surface area contributed by atoms with E-state index in [9.17, 15) is 14.9 Å². The molecule has 0 radical (unpaired) electrons. The quantitative estimate of drug-likeness (QED) is 0.269. The molecule has 0 saturated carbocycles. The van der Waals surface area contributed by atoms with Gasteiger partial charge in [0.15, 0.2) is 5.78 Å². The van der Waals surface area contributed by atoms with Gasteiger partial charge in [-0.25, -0.2) is 0 Å². The predicted molar refractivity (Wildman–Crippen MR) is 83.5 cm³/mol. The lowest BCUT2D eigenvalue weighted by molar-refractivity contribution is -0.385. The number of hydrogen-bond acceptors (Lipinski definition) is 4. The Morgan fingerprint density at radius 1 is 1.36 bits per heavy atom. The fraction of sp³-hybridized carbons (Fsp3) is 0.125. The van der Waals surface area contributed by atoms with E-state index in [0.717, 1.165) is 0 Å². The number of hydrogen-bond donors (Lipinski definition) is 0. The highest BCUT2D eigenvalue weighted by molar-refractivity contribution is 6.04. The number of allylic oxidation sites excluding steroid dienone is 3. The monoisotopic (exact) mass is 297 g/mol. The van der Waals surface area contributed by atoms with Gasteiger partial charge >= 0.3 is 0 Å². The summed E-state index contributed by atoms with van der Waals surface area (Å²) in [6.07, 6.45) is 9.35. The van der Waals surface area contributed by atoms with Crippen molar-refractivity contribution in [1.82, 2.24) is 9.78 Å². The molecule has 0 saturated heterocycles. The number of nitro benzene ring substituents is 1. The Labute approximate surface area is 127 Å². The molecule has 1 heterocycles. The van der Waals surface area contributed by atoms with E-state index in [1.54, 1.807) is 47.3 Å². The molecule has 0 bridgehead atoms. The van der Waals surface area contributed by atoms with Crippen LogP contribution < -0.4 is 0 Å². The van der Waals surface area contributed by atoms with Crippen molar-refractivity contribution in [2.45, 2.75) is 13.5 Å². The van der Waals surface area contributed by atoms with Crippen molar-refractivity contribution in [2.24, 2.45) is 0 Å². The van der Waals surface area contributed by atoms with E-state index in [1.165, 1.54) is 18.3 Å². The molecule has 0 unspecified atom stereocenters. The zero-order chi connectivity index (χ0) is 15.9. The Balaban J connectivity index is 2.06. The first kappa shape index (κ1) is 15.4. The van der Waals surface area contributed by atoms with Gasteiger partial charge in [0.1, 0.15) is 0 Å². The van der Waals surface area contributed by atoms with Crippen LogP contribution in [0.2, 0.25) is 0 Å². The van der Waals surface area contributed by atoms with Crippen LogP contribution >= 0.6 is 0 Å². The van der Waals surface area contributed by atoms with E-state index in [1.807, 2.05) is 6.92 Å². The molecular weight excluding hydrogens is 282 g/mol. The molecular formula is C16H15N3O3. The van der Waals surface area contributed by atoms with Gasteiger partial charge in [0.05, 0.1) is 22.2 Å². The van der Waals surface area contributed by atoms with E-state index in [2.05, 4.69) is 5.10 Å². The molecule has 1 aromatic carbocycles. The summed E-state index contributed by atoms with van der Waals surface area (Å²) in [4.78, 5) is 22.3. The van der Waals surface area contributed by atoms with Crippen molar-refractivity contribution in [2.75, 3.05) is 0 Å². The average molecular weight is 297 g/mol. The van der Waals surface area contributed by atoms with Crippen LogP contribution in [0.5, 0.6) is 0 Å². The minimum atomic E-state index is -0.437. The van der Waals surface area contributed by atoms with Crippen molar-refractivity contribution < 1.29 is 9.72 Å². The van der Waals surface area contributed by atoms with Gasteiger partial charge in [0, 0.05) is 18.8 Å². The van der Waals surface area contributed by atoms with Gasteiger partial charge in [-0.2, -0.15) is 5.10 Å². The van der Waals surface area contributed by atoms with Crippen molar-refractivity contribution in [3.8, 4) is 0 Å². The van der Waals surface area contributed by atoms with Gasteiger partial charge in [-0.05, 0) is 25.1 Å². The summed E-state index contributed by atoms with van der Waals surface area (Å²) in [6, 6.07) is 6.42. The normalized spacial score (nSPS) is 11.3. The molecule has 1 aromatic heterocycles. The number of nitro groups is 1. The Bertz CT molecular complexity index is 745. The second-order valence-corrected chi connectivity index (χ2v) is 4.48. The molecule has 112 valence electrons. The molecule has 0 atom stereocenters. The number of nitrogens with zero attached hydrogens (tertiary/aromatic N) is 3. The summed E-state index contributed by atoms with van der Waals surface area (Å²) >= 11 is 0. The first-order valence-electron chi connectivity index (χ1n) is 6.76. The second-order valence-electron chi connectivity index (χ2n) is 4.48. The maximum atomic E-state index is 11.9. The maximum Gasteiger partial charge on any atom is 0.276 e. The lowest BCUT2D eigenvalue weighted by Crippen LogP contribution is -1.94. The molecule has 0 N–H and O–H groups in total. The molecule has 0 aliphatic rings. The van der Waals surface area contributed by atoms with Crippen LogP contribution in [-0.2, 0) is 6.54 Å². The topological polar surface area (TPSA) is 78.0 Å². The van der Waals surface area contributed by atoms with Crippen molar-refractivity contribution in [3.05, 3.63) is 76.1 Å². The number of ketones is 1. The van der Waals surface area contributed by atoms with Crippen LogP contribution in [0.3, 0.4) is 0 Å². The highest BCUT2D eigenvalue weighted by atomic mass is 16.6. The highest BCUT2D eigenvalue weighted by Crippen LogP contribution is 2.18. The summed E-state index contributed by atoms with van der Waals surface area (Å²) in [5.74, 6) is -0.160. The fourth-order valence-corrected chi connectivity index (χ4v) is 1.86. The van der Waals surface area contributed by atoms with E-state index in [4.69, 9.17) is 0 Å². The van der Waals surface area contributed by atoms with Gasteiger partial charge in [0.25, 0.3) is 5.69 Å². The predicted octanol–water partition coefficient (Wildman–Crippen LogP) is 3.26. The van der Waals surface area contributed by atoms with Crippen LogP contribution in [0.15, 0.2) is 54.9 Å². The standard InChI is InChI=1S/C16H15N3O3/c1-2-18-12-14(11-17-18)16(20)10-6-4-8-13-7-3-5-9-15(13)19(21)22/h3-12H,2H2,1H3/b8-4+,10-6+. The van der Waals surface area contributed by atoms with Crippen LogP contribution in [0, 0.1) is 10.1 Å². The Morgan fingerprint density at radius 3 is 2.82 bits per heavy atom. The third-order valence-electron chi connectivity index (χ3n) is 3.01. The number of carbonyl (C=O) groups is 1. The van der Waals surface area contributed by atoms with E-state index >= 15 is 0 Å². The molecule has 22 heavy (non-hydrogen) atoms. The van der Waals surface area contributed by atoms with Crippen molar-refractivity contribution in [3.63, 3.8) is 0 Å². The lowest BCUT2D eigenvalue weighted by Gasteiger charge is -1.95. The molecule has 0 aliphatic heterocycles. The second kappa shape index (κ2) is 7.12. The van der Waals surface area contributed by atoms with E-state index in [0.29, 0.717) is 17.7 Å². The summed E-state index contributed by atoms with van der Waals surface area (Å²) in [6.45, 7) is 2.64. The number of aryl methyl sites for hydroxylation is 1. The SMILES string of the molecule is CCn1cc(C(=O)/C=C/C=C/c2ccccc2[N+](=O)[O-])cn1. The molecule has 2 aromatic rings. The number of rotatable bonds is 6. The number of benzene rings is 1. The van der Waals surface area contributed by atoms with E-state index in [-0.39, 0.29) is 11.5 Å². The minimum Gasteiger partial charge on any atom is -0.289 e. The summed E-state index contributed by atoms with van der Waals surface area (Å²) < 4.78 is 1.67. The number of carbonyl (C=O) groups excluding carboxylic acids is 1. The summed E-state index contributed by atoms with van der Waals surface area (Å²) in [5, 5.41) is 14.9. The number of para-hydroxylation sites is 1. The Hall–Kier alpha value is -3.02. The van der Waals surface area contributed by atoms with Crippen LogP contribution in [-0.4, -0.2) is 20.5 Å². The van der Waals surface area contributed by atoms with Crippen LogP contribution in [0.1, 0.15) is 22.8 Å². The van der Waals surface area contributed by atoms with Crippen LogP contribution in [0.25, 0.3) is 6.08 Å². The smallest absolute Gasteiger partial charge is 0.276 e. The first-order chi connectivity index (χ1) is 10.6. The van der Waals surface area contributed by atoms with Gasteiger partial charge in [-0.3, -0.25) is 19.6 Å². The number of aromatic nitrogens is 2. The van der Waals surface area contributed by atoms with Crippen LogP contribution in [0.4, 0.5) is 5.69 Å². The maximum absolute atomic E-state index is 11.9. The fourth-order valence-electron chi connectivity index (χ4n) is 1.86. The summed E-state index contributed by atoms with van der Waals surface area (Å²) in [5.41, 5.74) is 1.03. The molecule has 0 fully saturated rings. The largest absolute Gasteiger partial charge is 0.289 e. The molecule has 2 rings (SSSR count). The zero-order valence-corrected chi connectivity index (χ0v) is 12.0. The van der Waals surface area contributed by atoms with Crippen molar-refractivity contribution >= 4 is 17.5 Å². The lowest BCUT2D eigenvalue weighted by atomic mass is 10.1. The first-order valence-corrected chi connectivity index (χ1v) is 6.76. The van der Waals surface area contributed by atoms with E-state index < -0.39 is 4.92 Å². The van der Waals surface area contributed by atoms with Gasteiger partial charge in [0.2, 0.25) is 0 Å². The summed E-state index contributed by atoms with van der Waals surface area (Å²) in [7, 11) is 0. The molecule has 0 aliphatic carbocycles. The van der Waals surface area contributed by atoms with Gasteiger partial charge < -0.3 is 0 Å². The molecule has 0 amide bonds.